The standard InChI is InChI=1S/C33H29F5/c1-2-3-4-5-23-6-8-24(9-7-23)10-11-25-14-19-30-28(20-25)18-17-27(32(30)35)15-12-26-13-16-29(31(34)21-26)22-33(36,37)38/h6-9,13-14,16-21H,2-5,12,15,22H2,1H3. The van der Waals surface area contributed by atoms with E-state index in [2.05, 4.69) is 30.9 Å². The molecule has 0 aromatic heterocycles. The highest BCUT2D eigenvalue weighted by Gasteiger charge is 2.29. The Hall–Kier alpha value is -3.65. The zero-order chi connectivity index (χ0) is 27.1. The van der Waals surface area contributed by atoms with Crippen molar-refractivity contribution in [2.24, 2.45) is 0 Å². The molecule has 0 saturated carbocycles. The van der Waals surface area contributed by atoms with Crippen LogP contribution in [0.5, 0.6) is 0 Å². The van der Waals surface area contributed by atoms with Crippen molar-refractivity contribution in [1.29, 1.82) is 0 Å². The first-order valence-electron chi connectivity index (χ1n) is 12.9. The fraction of sp³-hybridized carbons (Fsp3) is 0.273. The van der Waals surface area contributed by atoms with E-state index in [9.17, 15) is 17.6 Å². The summed E-state index contributed by atoms with van der Waals surface area (Å²) in [6, 6.07) is 20.9. The summed E-state index contributed by atoms with van der Waals surface area (Å²) in [5.41, 5.74) is 3.61. The van der Waals surface area contributed by atoms with Crippen LogP contribution in [0.4, 0.5) is 22.0 Å². The van der Waals surface area contributed by atoms with E-state index < -0.39 is 24.0 Å². The van der Waals surface area contributed by atoms with Crippen LogP contribution in [0.25, 0.3) is 10.8 Å². The second-order valence-electron chi connectivity index (χ2n) is 9.60. The Morgan fingerprint density at radius 2 is 1.34 bits per heavy atom. The van der Waals surface area contributed by atoms with Gasteiger partial charge < -0.3 is 0 Å². The Bertz CT molecular complexity index is 1450. The average Bonchev–Trinajstić information content (AvgIpc) is 2.89. The van der Waals surface area contributed by atoms with Crippen LogP contribution >= 0.6 is 0 Å². The third-order valence-corrected chi connectivity index (χ3v) is 6.60. The number of fused-ring (bicyclic) bond motifs is 1. The lowest BCUT2D eigenvalue weighted by Crippen LogP contribution is -2.13. The van der Waals surface area contributed by atoms with E-state index >= 15 is 4.39 Å². The zero-order valence-corrected chi connectivity index (χ0v) is 21.3. The summed E-state index contributed by atoms with van der Waals surface area (Å²) in [4.78, 5) is 0. The molecule has 0 nitrogen and oxygen atoms in total. The van der Waals surface area contributed by atoms with E-state index in [-0.39, 0.29) is 5.82 Å². The van der Waals surface area contributed by atoms with Crippen molar-refractivity contribution in [3.05, 3.63) is 118 Å². The van der Waals surface area contributed by atoms with E-state index in [1.807, 2.05) is 24.3 Å². The summed E-state index contributed by atoms with van der Waals surface area (Å²) in [7, 11) is 0. The summed E-state index contributed by atoms with van der Waals surface area (Å²) < 4.78 is 66.9. The van der Waals surface area contributed by atoms with Crippen molar-refractivity contribution in [2.45, 2.75) is 58.0 Å². The number of alkyl halides is 3. The molecule has 196 valence electrons. The Labute approximate surface area is 220 Å². The molecule has 0 aliphatic carbocycles. The number of benzene rings is 4. The predicted octanol–water partition coefficient (Wildman–Crippen LogP) is 9.14. The molecule has 4 rings (SSSR count). The molecule has 38 heavy (non-hydrogen) atoms. The summed E-state index contributed by atoms with van der Waals surface area (Å²) in [6.45, 7) is 2.19. The molecular formula is C33H29F5. The Kier molecular flexibility index (Phi) is 8.84. The number of halogens is 5. The minimum Gasteiger partial charge on any atom is -0.207 e. The molecule has 0 fully saturated rings. The lowest BCUT2D eigenvalue weighted by Gasteiger charge is -2.10. The van der Waals surface area contributed by atoms with Gasteiger partial charge in [-0.15, -0.1) is 0 Å². The Morgan fingerprint density at radius 1 is 0.658 bits per heavy atom. The SMILES string of the molecule is CCCCCc1ccc(C#Cc2ccc3c(F)c(CCc4ccc(CC(F)(F)F)c(F)c4)ccc3c2)cc1. The predicted molar refractivity (Wildman–Crippen MR) is 143 cm³/mol. The van der Waals surface area contributed by atoms with Crippen LogP contribution in [0.3, 0.4) is 0 Å². The Balaban J connectivity index is 1.43. The van der Waals surface area contributed by atoms with Gasteiger partial charge >= 0.3 is 6.18 Å². The average molecular weight is 521 g/mol. The molecule has 5 heteroatoms. The largest absolute Gasteiger partial charge is 0.393 e. The van der Waals surface area contributed by atoms with Crippen LogP contribution in [-0.4, -0.2) is 6.18 Å². The fourth-order valence-corrected chi connectivity index (χ4v) is 4.47. The van der Waals surface area contributed by atoms with Gasteiger partial charge in [-0.25, -0.2) is 8.78 Å². The molecule has 0 radical (unpaired) electrons. The number of rotatable bonds is 8. The quantitative estimate of drug-likeness (QED) is 0.123. The van der Waals surface area contributed by atoms with Crippen LogP contribution in [-0.2, 0) is 25.7 Å². The van der Waals surface area contributed by atoms with E-state index in [1.165, 1.54) is 30.9 Å². The van der Waals surface area contributed by atoms with Crippen LogP contribution in [0.2, 0.25) is 0 Å². The summed E-state index contributed by atoms with van der Waals surface area (Å²) in [6.07, 6.45) is -0.473. The first kappa shape index (κ1) is 27.4. The highest BCUT2D eigenvalue weighted by molar-refractivity contribution is 5.85. The molecule has 0 spiro atoms. The first-order valence-corrected chi connectivity index (χ1v) is 12.9. The van der Waals surface area contributed by atoms with Crippen LogP contribution in [0.15, 0.2) is 72.8 Å². The molecule has 0 atom stereocenters. The molecule has 4 aromatic carbocycles. The van der Waals surface area contributed by atoms with Gasteiger partial charge in [-0.3, -0.25) is 0 Å². The summed E-state index contributed by atoms with van der Waals surface area (Å²) in [5, 5.41) is 1.20. The van der Waals surface area contributed by atoms with Crippen LogP contribution in [0.1, 0.15) is 59.6 Å². The molecular weight excluding hydrogens is 491 g/mol. The lowest BCUT2D eigenvalue weighted by molar-refractivity contribution is -0.127. The van der Waals surface area contributed by atoms with Gasteiger partial charge in [0.2, 0.25) is 0 Å². The normalized spacial score (nSPS) is 11.4. The summed E-state index contributed by atoms with van der Waals surface area (Å²) >= 11 is 0. The van der Waals surface area contributed by atoms with Gasteiger partial charge in [0, 0.05) is 16.5 Å². The van der Waals surface area contributed by atoms with E-state index in [1.54, 1.807) is 18.2 Å². The molecule has 0 amide bonds. The third kappa shape index (κ3) is 7.44. The first-order chi connectivity index (χ1) is 18.2. The molecule has 0 aliphatic heterocycles. The monoisotopic (exact) mass is 520 g/mol. The summed E-state index contributed by atoms with van der Waals surface area (Å²) in [5.74, 6) is 5.07. The fourth-order valence-electron chi connectivity index (χ4n) is 4.47. The maximum atomic E-state index is 15.2. The maximum absolute atomic E-state index is 15.2. The van der Waals surface area contributed by atoms with E-state index in [0.29, 0.717) is 29.4 Å². The van der Waals surface area contributed by atoms with Gasteiger partial charge in [-0.05, 0) is 83.7 Å². The van der Waals surface area contributed by atoms with Gasteiger partial charge in [0.25, 0.3) is 0 Å². The smallest absolute Gasteiger partial charge is 0.207 e. The van der Waals surface area contributed by atoms with Gasteiger partial charge in [-0.1, -0.05) is 74.1 Å². The third-order valence-electron chi connectivity index (χ3n) is 6.60. The molecule has 0 N–H and O–H groups in total. The van der Waals surface area contributed by atoms with Gasteiger partial charge in [-0.2, -0.15) is 13.2 Å². The molecule has 0 aliphatic rings. The molecule has 0 unspecified atom stereocenters. The van der Waals surface area contributed by atoms with Crippen LogP contribution in [0, 0.1) is 23.5 Å². The molecule has 0 saturated heterocycles. The van der Waals surface area contributed by atoms with E-state index in [4.69, 9.17) is 0 Å². The number of hydrogen-bond donors (Lipinski definition) is 0. The van der Waals surface area contributed by atoms with Gasteiger partial charge in [0.1, 0.15) is 11.6 Å². The van der Waals surface area contributed by atoms with Crippen molar-refractivity contribution in [1.82, 2.24) is 0 Å². The Morgan fingerprint density at radius 3 is 2.05 bits per heavy atom. The zero-order valence-electron chi connectivity index (χ0n) is 21.3. The minimum atomic E-state index is -4.47. The van der Waals surface area contributed by atoms with Crippen molar-refractivity contribution in [2.75, 3.05) is 0 Å². The minimum absolute atomic E-state index is 0.301. The van der Waals surface area contributed by atoms with Crippen LogP contribution < -0.4 is 0 Å². The topological polar surface area (TPSA) is 0 Å². The molecule has 4 aromatic rings. The second-order valence-corrected chi connectivity index (χ2v) is 9.60. The van der Waals surface area contributed by atoms with Crippen molar-refractivity contribution < 1.29 is 22.0 Å². The number of unbranched alkanes of at least 4 members (excludes halogenated alkanes) is 2. The van der Waals surface area contributed by atoms with Crippen molar-refractivity contribution in [3.8, 4) is 11.8 Å². The highest BCUT2D eigenvalue weighted by atomic mass is 19.4. The highest BCUT2D eigenvalue weighted by Crippen LogP contribution is 2.26. The second kappa shape index (κ2) is 12.3. The number of aryl methyl sites for hydroxylation is 3. The van der Waals surface area contributed by atoms with E-state index in [0.717, 1.165) is 35.1 Å². The maximum Gasteiger partial charge on any atom is 0.393 e. The van der Waals surface area contributed by atoms with Crippen molar-refractivity contribution >= 4 is 10.8 Å². The number of hydrogen-bond acceptors (Lipinski definition) is 0. The van der Waals surface area contributed by atoms with Gasteiger partial charge in [0.15, 0.2) is 0 Å². The molecule has 0 bridgehead atoms. The lowest BCUT2D eigenvalue weighted by atomic mass is 9.98. The van der Waals surface area contributed by atoms with Gasteiger partial charge in [0.05, 0.1) is 6.42 Å². The molecule has 0 heterocycles. The van der Waals surface area contributed by atoms with Crippen molar-refractivity contribution in [3.63, 3.8) is 0 Å².